The van der Waals surface area contributed by atoms with Gasteiger partial charge >= 0.3 is 6.01 Å². The van der Waals surface area contributed by atoms with Gasteiger partial charge in [0.05, 0.1) is 10.2 Å². The number of hydrogen-bond donors (Lipinski definition) is 2. The molecule has 2 aromatic carbocycles. The number of hydrogen-bond acceptors (Lipinski definition) is 6. The number of aromatic nitrogens is 2. The minimum absolute atomic E-state index is 0.449. The van der Waals surface area contributed by atoms with Gasteiger partial charge in [0.2, 0.25) is 0 Å². The van der Waals surface area contributed by atoms with Crippen LogP contribution in [0.25, 0.3) is 21.3 Å². The van der Waals surface area contributed by atoms with Gasteiger partial charge in [-0.1, -0.05) is 17.4 Å². The molecule has 0 spiro atoms. The van der Waals surface area contributed by atoms with Crippen molar-refractivity contribution in [1.82, 2.24) is 9.97 Å². The first-order chi connectivity index (χ1) is 10.6. The Balaban J connectivity index is 1.74. The number of benzene rings is 2. The predicted molar refractivity (Wildman–Crippen MR) is 90.8 cm³/mol. The lowest BCUT2D eigenvalue weighted by Crippen LogP contribution is -1.89. The first kappa shape index (κ1) is 13.1. The van der Waals surface area contributed by atoms with E-state index in [9.17, 15) is 0 Å². The molecule has 5 nitrogen and oxygen atoms in total. The highest BCUT2D eigenvalue weighted by atomic mass is 32.1. The molecule has 0 radical (unpaired) electrons. The standard InChI is InChI=1S/C16H14N4OS/c1-8-3-4-12-11(5-8)18-15(21-12)20-16-19-14-9(2)6-10(17)7-13(14)22-16/h3-7H,17H2,1-2H3,(H,18,19,20). The van der Waals surface area contributed by atoms with Crippen LogP contribution in [0.3, 0.4) is 0 Å². The first-order valence-electron chi connectivity index (χ1n) is 6.89. The second kappa shape index (κ2) is 4.71. The Bertz CT molecular complexity index is 1000. The second-order valence-corrected chi connectivity index (χ2v) is 6.35. The van der Waals surface area contributed by atoms with Crippen LogP contribution in [-0.4, -0.2) is 9.97 Å². The van der Waals surface area contributed by atoms with Crippen LogP contribution in [0, 0.1) is 13.8 Å². The fourth-order valence-corrected chi connectivity index (χ4v) is 3.44. The van der Waals surface area contributed by atoms with Gasteiger partial charge in [-0.15, -0.1) is 0 Å². The summed E-state index contributed by atoms with van der Waals surface area (Å²) in [7, 11) is 0. The van der Waals surface area contributed by atoms with Gasteiger partial charge in [0.25, 0.3) is 0 Å². The normalized spacial score (nSPS) is 11.4. The van der Waals surface area contributed by atoms with Gasteiger partial charge in [-0.05, 0) is 49.2 Å². The molecule has 0 aliphatic carbocycles. The van der Waals surface area contributed by atoms with E-state index in [2.05, 4.69) is 15.3 Å². The highest BCUT2D eigenvalue weighted by Crippen LogP contribution is 2.32. The number of nitrogen functional groups attached to an aromatic ring is 1. The van der Waals surface area contributed by atoms with Crippen molar-refractivity contribution in [3.8, 4) is 0 Å². The van der Waals surface area contributed by atoms with E-state index in [-0.39, 0.29) is 0 Å². The molecule has 0 aliphatic rings. The van der Waals surface area contributed by atoms with E-state index in [0.717, 1.165) is 43.3 Å². The molecule has 0 atom stereocenters. The lowest BCUT2D eigenvalue weighted by Gasteiger charge is -1.96. The van der Waals surface area contributed by atoms with Crippen molar-refractivity contribution in [2.75, 3.05) is 11.1 Å². The number of nitrogens with one attached hydrogen (secondary N) is 1. The minimum Gasteiger partial charge on any atom is -0.423 e. The maximum atomic E-state index is 5.88. The van der Waals surface area contributed by atoms with Crippen LogP contribution < -0.4 is 11.1 Å². The molecule has 0 unspecified atom stereocenters. The summed E-state index contributed by atoms with van der Waals surface area (Å²) in [6.45, 7) is 4.03. The van der Waals surface area contributed by atoms with E-state index in [1.165, 1.54) is 11.3 Å². The lowest BCUT2D eigenvalue weighted by molar-refractivity contribution is 0.623. The Morgan fingerprint density at radius 1 is 1.14 bits per heavy atom. The van der Waals surface area contributed by atoms with Gasteiger partial charge in [-0.2, -0.15) is 4.98 Å². The first-order valence-corrected chi connectivity index (χ1v) is 7.71. The van der Waals surface area contributed by atoms with E-state index in [1.807, 2.05) is 44.2 Å². The molecule has 4 aromatic rings. The molecule has 2 heterocycles. The molecule has 110 valence electrons. The summed E-state index contributed by atoms with van der Waals surface area (Å²) in [4.78, 5) is 9.03. The van der Waals surface area contributed by atoms with Crippen LogP contribution in [0.5, 0.6) is 0 Å². The number of anilines is 3. The second-order valence-electron chi connectivity index (χ2n) is 5.32. The Morgan fingerprint density at radius 3 is 2.86 bits per heavy atom. The third-order valence-corrected chi connectivity index (χ3v) is 4.38. The maximum Gasteiger partial charge on any atom is 0.302 e. The Kier molecular flexibility index (Phi) is 2.80. The fraction of sp³-hybridized carbons (Fsp3) is 0.125. The summed E-state index contributed by atoms with van der Waals surface area (Å²) in [5.74, 6) is 0. The summed E-state index contributed by atoms with van der Waals surface area (Å²) in [6, 6.07) is 10.2. The topological polar surface area (TPSA) is 77.0 Å². The molecule has 0 saturated heterocycles. The molecular weight excluding hydrogens is 296 g/mol. The summed E-state index contributed by atoms with van der Waals surface area (Å²) >= 11 is 1.53. The fourth-order valence-electron chi connectivity index (χ4n) is 2.46. The highest BCUT2D eigenvalue weighted by Gasteiger charge is 2.11. The van der Waals surface area contributed by atoms with Gasteiger partial charge < -0.3 is 10.2 Å². The third kappa shape index (κ3) is 2.17. The number of nitrogens with zero attached hydrogens (tertiary/aromatic N) is 2. The molecule has 2 aromatic heterocycles. The molecule has 4 rings (SSSR count). The zero-order valence-corrected chi connectivity index (χ0v) is 13.0. The van der Waals surface area contributed by atoms with Crippen LogP contribution in [0.1, 0.15) is 11.1 Å². The molecule has 3 N–H and O–H groups in total. The quantitative estimate of drug-likeness (QED) is 0.537. The summed E-state index contributed by atoms with van der Waals surface area (Å²) in [5, 5.41) is 3.88. The molecule has 0 aliphatic heterocycles. The van der Waals surface area contributed by atoms with Crippen molar-refractivity contribution in [2.45, 2.75) is 13.8 Å². The van der Waals surface area contributed by atoms with Gasteiger partial charge in [-0.25, -0.2) is 4.98 Å². The predicted octanol–water partition coefficient (Wildman–Crippen LogP) is 4.38. The van der Waals surface area contributed by atoms with Crippen molar-refractivity contribution in [3.63, 3.8) is 0 Å². The van der Waals surface area contributed by atoms with Crippen LogP contribution in [0.4, 0.5) is 16.8 Å². The largest absolute Gasteiger partial charge is 0.423 e. The van der Waals surface area contributed by atoms with E-state index >= 15 is 0 Å². The molecule has 22 heavy (non-hydrogen) atoms. The summed E-state index contributed by atoms with van der Waals surface area (Å²) in [6.07, 6.45) is 0. The third-order valence-electron chi connectivity index (χ3n) is 3.46. The molecule has 0 amide bonds. The van der Waals surface area contributed by atoms with Gasteiger partial charge in [0, 0.05) is 5.69 Å². The smallest absolute Gasteiger partial charge is 0.302 e. The number of nitrogens with two attached hydrogens (primary N) is 1. The molecule has 0 bridgehead atoms. The number of aryl methyl sites for hydroxylation is 2. The van der Waals surface area contributed by atoms with Gasteiger partial charge in [0.15, 0.2) is 10.7 Å². The van der Waals surface area contributed by atoms with Gasteiger partial charge in [-0.3, -0.25) is 5.32 Å². The Morgan fingerprint density at radius 2 is 2.00 bits per heavy atom. The Labute approximate surface area is 130 Å². The van der Waals surface area contributed by atoms with Crippen molar-refractivity contribution < 1.29 is 4.42 Å². The van der Waals surface area contributed by atoms with Crippen molar-refractivity contribution in [1.29, 1.82) is 0 Å². The number of fused-ring (bicyclic) bond motifs is 2. The van der Waals surface area contributed by atoms with E-state index in [1.54, 1.807) is 0 Å². The summed E-state index contributed by atoms with van der Waals surface area (Å²) < 4.78 is 6.74. The zero-order valence-electron chi connectivity index (χ0n) is 12.2. The van der Waals surface area contributed by atoms with Crippen molar-refractivity contribution in [2.24, 2.45) is 0 Å². The number of rotatable bonds is 2. The zero-order chi connectivity index (χ0) is 15.3. The maximum absolute atomic E-state index is 5.88. The van der Waals surface area contributed by atoms with Crippen LogP contribution in [0.2, 0.25) is 0 Å². The lowest BCUT2D eigenvalue weighted by atomic mass is 10.2. The van der Waals surface area contributed by atoms with Crippen molar-refractivity contribution in [3.05, 3.63) is 41.5 Å². The van der Waals surface area contributed by atoms with Crippen LogP contribution in [-0.2, 0) is 0 Å². The molecular formula is C16H14N4OS. The average molecular weight is 310 g/mol. The van der Waals surface area contributed by atoms with E-state index in [4.69, 9.17) is 10.2 Å². The summed E-state index contributed by atoms with van der Waals surface area (Å²) in [5.41, 5.74) is 11.4. The van der Waals surface area contributed by atoms with E-state index in [0.29, 0.717) is 6.01 Å². The average Bonchev–Trinajstić information content (AvgIpc) is 3.01. The SMILES string of the molecule is Cc1ccc2oc(Nc3nc4c(C)cc(N)cc4s3)nc2c1. The van der Waals surface area contributed by atoms with Crippen LogP contribution in [0.15, 0.2) is 34.7 Å². The molecule has 0 fully saturated rings. The highest BCUT2D eigenvalue weighted by molar-refractivity contribution is 7.22. The van der Waals surface area contributed by atoms with Crippen LogP contribution >= 0.6 is 11.3 Å². The molecule has 6 heteroatoms. The number of thiazole rings is 1. The Hall–Kier alpha value is -2.60. The number of oxazole rings is 1. The monoisotopic (exact) mass is 310 g/mol. The van der Waals surface area contributed by atoms with Crippen molar-refractivity contribution >= 4 is 49.5 Å². The minimum atomic E-state index is 0.449. The van der Waals surface area contributed by atoms with E-state index < -0.39 is 0 Å². The van der Waals surface area contributed by atoms with Gasteiger partial charge in [0.1, 0.15) is 5.52 Å². The molecule has 0 saturated carbocycles.